The molecule has 136 valence electrons. The van der Waals surface area contributed by atoms with Crippen LogP contribution < -0.4 is 5.32 Å². The first kappa shape index (κ1) is 18.5. The molecule has 1 N–H and O–H groups in total. The molecule has 0 unspecified atom stereocenters. The predicted molar refractivity (Wildman–Crippen MR) is 103 cm³/mol. The van der Waals surface area contributed by atoms with Crippen molar-refractivity contribution in [1.82, 2.24) is 9.55 Å². The zero-order valence-electron chi connectivity index (χ0n) is 14.7. The van der Waals surface area contributed by atoms with Crippen molar-refractivity contribution in [2.24, 2.45) is 5.92 Å². The first-order chi connectivity index (χ1) is 11.7. The van der Waals surface area contributed by atoms with Crippen molar-refractivity contribution in [3.63, 3.8) is 0 Å². The molecule has 2 atom stereocenters. The fourth-order valence-electron chi connectivity index (χ4n) is 2.48. The molecule has 0 bridgehead atoms. The number of pyridine rings is 1. The molecule has 0 saturated heterocycles. The summed E-state index contributed by atoms with van der Waals surface area (Å²) >= 11 is 3.53. The summed E-state index contributed by atoms with van der Waals surface area (Å²) in [6.45, 7) is 8.08. The van der Waals surface area contributed by atoms with Crippen molar-refractivity contribution in [1.29, 1.82) is 0 Å². The lowest BCUT2D eigenvalue weighted by molar-refractivity contribution is -0.117. The van der Waals surface area contributed by atoms with E-state index in [1.54, 1.807) is 6.07 Å². The summed E-state index contributed by atoms with van der Waals surface area (Å²) < 4.78 is 21.6. The van der Waals surface area contributed by atoms with E-state index in [-0.39, 0.29) is 5.91 Å². The van der Waals surface area contributed by atoms with Crippen LogP contribution in [0.1, 0.15) is 6.42 Å². The van der Waals surface area contributed by atoms with E-state index < -0.39 is 20.2 Å². The number of rotatable bonds is 7. The van der Waals surface area contributed by atoms with E-state index in [9.17, 15) is 9.18 Å². The van der Waals surface area contributed by atoms with Crippen molar-refractivity contribution in [2.45, 2.75) is 45.0 Å². The van der Waals surface area contributed by atoms with Crippen molar-refractivity contribution in [3.05, 3.63) is 22.8 Å². The Labute approximate surface area is 156 Å². The highest BCUT2D eigenvalue weighted by atomic mass is 79.9. The van der Waals surface area contributed by atoms with E-state index in [0.29, 0.717) is 19.0 Å². The highest BCUT2D eigenvalue weighted by Crippen LogP contribution is 2.35. The first-order valence-electron chi connectivity index (χ1n) is 8.43. The lowest BCUT2D eigenvalue weighted by Gasteiger charge is -2.15. The Morgan fingerprint density at radius 3 is 2.84 bits per heavy atom. The number of hydrogen-bond acceptors (Lipinski definition) is 3. The Morgan fingerprint density at radius 1 is 1.48 bits per heavy atom. The SMILES string of the molecule is C[Si](C)(C)CCOCn1cc(Br)c2ccc(NC(=O)[C@@H]3C[C@@H]3F)nc21. The minimum atomic E-state index is -1.12. The Hall–Kier alpha value is -1.25. The molecule has 0 aromatic carbocycles. The van der Waals surface area contributed by atoms with Crippen molar-refractivity contribution in [3.8, 4) is 0 Å². The molecule has 1 amide bonds. The Bertz CT molecular complexity index is 790. The van der Waals surface area contributed by atoms with Gasteiger partial charge in [0.2, 0.25) is 5.91 Å². The number of anilines is 1. The van der Waals surface area contributed by atoms with Crippen LogP contribution >= 0.6 is 15.9 Å². The summed E-state index contributed by atoms with van der Waals surface area (Å²) in [7, 11) is -1.12. The lowest BCUT2D eigenvalue weighted by atomic mass is 10.3. The van der Waals surface area contributed by atoms with Crippen LogP contribution in [0.3, 0.4) is 0 Å². The minimum Gasteiger partial charge on any atom is -0.361 e. The van der Waals surface area contributed by atoms with E-state index in [4.69, 9.17) is 4.74 Å². The highest BCUT2D eigenvalue weighted by molar-refractivity contribution is 9.10. The minimum absolute atomic E-state index is 0.303. The maximum atomic E-state index is 13.0. The molecule has 1 fully saturated rings. The van der Waals surface area contributed by atoms with E-state index in [2.05, 4.69) is 45.9 Å². The van der Waals surface area contributed by atoms with Gasteiger partial charge in [-0.25, -0.2) is 9.37 Å². The number of nitrogens with one attached hydrogen (secondary N) is 1. The predicted octanol–water partition coefficient (Wildman–Crippen LogP) is 4.41. The van der Waals surface area contributed by atoms with Crippen LogP contribution in [0.5, 0.6) is 0 Å². The first-order valence-corrected chi connectivity index (χ1v) is 12.9. The van der Waals surface area contributed by atoms with Crippen LogP contribution in [0.2, 0.25) is 25.7 Å². The Morgan fingerprint density at radius 2 is 2.20 bits per heavy atom. The lowest BCUT2D eigenvalue weighted by Crippen LogP contribution is -2.22. The summed E-state index contributed by atoms with van der Waals surface area (Å²) in [4.78, 5) is 16.4. The third kappa shape index (κ3) is 4.68. The average molecular weight is 428 g/mol. The summed E-state index contributed by atoms with van der Waals surface area (Å²) in [5.41, 5.74) is 0.727. The maximum absolute atomic E-state index is 13.0. The van der Waals surface area contributed by atoms with Gasteiger partial charge < -0.3 is 14.6 Å². The van der Waals surface area contributed by atoms with Crippen molar-refractivity contribution in [2.75, 3.05) is 11.9 Å². The second-order valence-electron chi connectivity index (χ2n) is 7.71. The molecule has 0 aliphatic heterocycles. The van der Waals surface area contributed by atoms with Gasteiger partial charge in [-0.15, -0.1) is 0 Å². The van der Waals surface area contributed by atoms with Gasteiger partial charge >= 0.3 is 0 Å². The van der Waals surface area contributed by atoms with Gasteiger partial charge in [-0.05, 0) is 40.5 Å². The van der Waals surface area contributed by atoms with Gasteiger partial charge in [0.05, 0.1) is 5.92 Å². The zero-order valence-corrected chi connectivity index (χ0v) is 17.3. The summed E-state index contributed by atoms with van der Waals surface area (Å²) in [6, 6.07) is 4.73. The monoisotopic (exact) mass is 427 g/mol. The molecule has 0 spiro atoms. The third-order valence-electron chi connectivity index (χ3n) is 4.20. The van der Waals surface area contributed by atoms with Gasteiger partial charge in [0.15, 0.2) is 0 Å². The molecule has 8 heteroatoms. The molecule has 25 heavy (non-hydrogen) atoms. The van der Waals surface area contributed by atoms with E-state index in [0.717, 1.165) is 28.2 Å². The molecule has 1 aliphatic rings. The number of amides is 1. The number of carbonyl (C=O) groups is 1. The number of alkyl halides is 1. The largest absolute Gasteiger partial charge is 0.361 e. The molecule has 3 rings (SSSR count). The third-order valence-corrected chi connectivity index (χ3v) is 6.54. The van der Waals surface area contributed by atoms with Gasteiger partial charge in [0.1, 0.15) is 24.4 Å². The van der Waals surface area contributed by atoms with E-state index in [1.807, 2.05) is 16.8 Å². The fourth-order valence-corrected chi connectivity index (χ4v) is 3.80. The Kier molecular flexibility index (Phi) is 5.31. The van der Waals surface area contributed by atoms with Crippen molar-refractivity contribution >= 4 is 46.8 Å². The molecule has 5 nitrogen and oxygen atoms in total. The van der Waals surface area contributed by atoms with Gasteiger partial charge in [0.25, 0.3) is 0 Å². The fraction of sp³-hybridized carbons (Fsp3) is 0.529. The number of carbonyl (C=O) groups excluding carboxylic acids is 1. The van der Waals surface area contributed by atoms with E-state index >= 15 is 0 Å². The molecule has 2 aromatic heterocycles. The smallest absolute Gasteiger partial charge is 0.231 e. The maximum Gasteiger partial charge on any atom is 0.231 e. The molecular formula is C17H23BrFN3O2Si. The number of ether oxygens (including phenoxy) is 1. The van der Waals surface area contributed by atoms with Crippen LogP contribution in [0.15, 0.2) is 22.8 Å². The highest BCUT2D eigenvalue weighted by Gasteiger charge is 2.43. The molecule has 1 aliphatic carbocycles. The van der Waals surface area contributed by atoms with Gasteiger partial charge in [-0.2, -0.15) is 0 Å². The second kappa shape index (κ2) is 7.17. The number of hydrogen-bond donors (Lipinski definition) is 1. The number of fused-ring (bicyclic) bond motifs is 1. The standard InChI is InChI=1S/C17H23BrFN3O2Si/c1-25(2,3)7-6-24-10-22-9-13(18)11-4-5-15(20-16(11)22)21-17(23)12-8-14(12)19/h4-5,9,12,14H,6-8,10H2,1-3H3,(H,20,21,23)/t12-,14+/m1/s1. The quantitative estimate of drug-likeness (QED) is 0.525. The van der Waals surface area contributed by atoms with Crippen LogP contribution in [-0.4, -0.2) is 36.3 Å². The van der Waals surface area contributed by atoms with Crippen LogP contribution in [0.25, 0.3) is 11.0 Å². The van der Waals surface area contributed by atoms with Gasteiger partial charge in [0, 0.05) is 30.7 Å². The molecule has 1 saturated carbocycles. The van der Waals surface area contributed by atoms with E-state index in [1.165, 1.54) is 0 Å². The van der Waals surface area contributed by atoms with Crippen LogP contribution in [0.4, 0.5) is 10.2 Å². The number of aromatic nitrogens is 2. The normalized spacial score (nSPS) is 20.0. The van der Waals surface area contributed by atoms with Gasteiger partial charge in [-0.1, -0.05) is 19.6 Å². The topological polar surface area (TPSA) is 56.1 Å². The van der Waals surface area contributed by atoms with Crippen LogP contribution in [-0.2, 0) is 16.3 Å². The molecule has 2 aromatic rings. The van der Waals surface area contributed by atoms with Gasteiger partial charge in [-0.3, -0.25) is 4.79 Å². The summed E-state index contributed by atoms with van der Waals surface area (Å²) in [5, 5.41) is 3.64. The Balaban J connectivity index is 1.70. The summed E-state index contributed by atoms with van der Waals surface area (Å²) in [5.74, 6) is -0.394. The summed E-state index contributed by atoms with van der Waals surface area (Å²) in [6.07, 6.45) is 1.22. The zero-order chi connectivity index (χ0) is 18.2. The molecule has 0 radical (unpaired) electrons. The molecular weight excluding hydrogens is 405 g/mol. The van der Waals surface area contributed by atoms with Crippen molar-refractivity contribution < 1.29 is 13.9 Å². The number of halogens is 2. The average Bonchev–Trinajstić information content (AvgIpc) is 3.18. The molecule has 2 heterocycles. The number of nitrogens with zero attached hydrogens (tertiary/aromatic N) is 2. The van der Waals surface area contributed by atoms with Crippen LogP contribution in [0, 0.1) is 5.92 Å². The second-order valence-corrected chi connectivity index (χ2v) is 14.2.